The number of benzene rings is 2. The van der Waals surface area contributed by atoms with Gasteiger partial charge in [0.05, 0.1) is 22.5 Å². The molecule has 5 rings (SSSR count). The van der Waals surface area contributed by atoms with Crippen molar-refractivity contribution < 1.29 is 31.2 Å². The maximum Gasteiger partial charge on any atom is 0.416 e. The summed E-state index contributed by atoms with van der Waals surface area (Å²) in [5.41, 5.74) is -0.366. The van der Waals surface area contributed by atoms with E-state index in [9.17, 15) is 31.2 Å². The molecule has 2 aliphatic rings. The lowest BCUT2D eigenvalue weighted by atomic mass is 10.1. The first-order valence-corrected chi connectivity index (χ1v) is 11.7. The van der Waals surface area contributed by atoms with Crippen LogP contribution in [0, 0.1) is 6.92 Å². The first-order valence-electron chi connectivity index (χ1n) is 10.3. The molecule has 1 aromatic heterocycles. The monoisotopic (exact) mass is 490 g/mol. The summed E-state index contributed by atoms with van der Waals surface area (Å²) >= 11 is 0. The fourth-order valence-corrected chi connectivity index (χ4v) is 5.69. The molecule has 0 spiro atoms. The lowest BCUT2D eigenvalue weighted by molar-refractivity contribution is -0.137. The highest BCUT2D eigenvalue weighted by Crippen LogP contribution is 2.39. The number of sulfonamides is 1. The number of hydrogen-bond donors (Lipinski definition) is 1. The van der Waals surface area contributed by atoms with Crippen molar-refractivity contribution in [2.24, 2.45) is 0 Å². The predicted octanol–water partition coefficient (Wildman–Crippen LogP) is 3.76. The lowest BCUT2D eigenvalue weighted by Gasteiger charge is -2.13. The van der Waals surface area contributed by atoms with E-state index in [2.05, 4.69) is 10.4 Å². The van der Waals surface area contributed by atoms with E-state index in [0.717, 1.165) is 27.2 Å². The Morgan fingerprint density at radius 3 is 2.53 bits per heavy atom. The second-order valence-electron chi connectivity index (χ2n) is 8.13. The number of nitrogens with zero attached hydrogens (tertiary/aromatic N) is 3. The van der Waals surface area contributed by atoms with E-state index < -0.39 is 33.6 Å². The van der Waals surface area contributed by atoms with Gasteiger partial charge in [-0.3, -0.25) is 9.59 Å². The van der Waals surface area contributed by atoms with Crippen molar-refractivity contribution in [2.75, 3.05) is 5.32 Å². The van der Waals surface area contributed by atoms with Gasteiger partial charge in [-0.1, -0.05) is 6.07 Å². The van der Waals surface area contributed by atoms with Gasteiger partial charge in [0.1, 0.15) is 10.7 Å². The molecule has 0 saturated heterocycles. The predicted molar refractivity (Wildman–Crippen MR) is 114 cm³/mol. The molecule has 2 aromatic carbocycles. The van der Waals surface area contributed by atoms with Crippen LogP contribution < -0.4 is 5.32 Å². The van der Waals surface area contributed by atoms with Crippen molar-refractivity contribution in [3.63, 3.8) is 0 Å². The van der Waals surface area contributed by atoms with Crippen molar-refractivity contribution in [1.82, 2.24) is 14.1 Å². The number of hydrogen-bond acceptors (Lipinski definition) is 5. The molecule has 12 heteroatoms. The van der Waals surface area contributed by atoms with E-state index in [4.69, 9.17) is 0 Å². The van der Waals surface area contributed by atoms with Crippen LogP contribution in [-0.4, -0.2) is 40.4 Å². The van der Waals surface area contributed by atoms with Crippen LogP contribution in [0.5, 0.6) is 0 Å². The average Bonchev–Trinajstić information content (AvgIpc) is 3.49. The van der Waals surface area contributed by atoms with Crippen LogP contribution in [0.25, 0.3) is 5.69 Å². The highest BCUT2D eigenvalue weighted by atomic mass is 32.2. The summed E-state index contributed by atoms with van der Waals surface area (Å²) in [5, 5.41) is 6.73. The Hall–Kier alpha value is -3.67. The number of halogens is 3. The molecule has 1 N–H and O–H groups in total. The number of nitrogens with one attached hydrogen (secondary N) is 1. The minimum atomic E-state index is -4.55. The largest absolute Gasteiger partial charge is 0.416 e. The van der Waals surface area contributed by atoms with Crippen molar-refractivity contribution in [3.05, 3.63) is 70.9 Å². The Morgan fingerprint density at radius 1 is 1.12 bits per heavy atom. The molecule has 34 heavy (non-hydrogen) atoms. The maximum absolute atomic E-state index is 13.1. The normalized spacial score (nSPS) is 17.1. The number of anilines is 1. The number of aryl methyl sites for hydroxylation is 1. The molecule has 8 nitrogen and oxygen atoms in total. The van der Waals surface area contributed by atoms with Crippen molar-refractivity contribution in [1.29, 1.82) is 0 Å². The Morgan fingerprint density at radius 2 is 1.85 bits per heavy atom. The van der Waals surface area contributed by atoms with E-state index >= 15 is 0 Å². The third kappa shape index (κ3) is 3.63. The van der Waals surface area contributed by atoms with Gasteiger partial charge in [0.25, 0.3) is 21.8 Å². The number of aromatic nitrogens is 2. The van der Waals surface area contributed by atoms with Gasteiger partial charge in [-0.15, -0.1) is 0 Å². The van der Waals surface area contributed by atoms with E-state index in [0.29, 0.717) is 18.5 Å². The van der Waals surface area contributed by atoms with Crippen LogP contribution in [0.2, 0.25) is 0 Å². The number of alkyl halides is 3. The highest BCUT2D eigenvalue weighted by Gasteiger charge is 2.48. The van der Waals surface area contributed by atoms with E-state index in [1.54, 1.807) is 6.92 Å². The van der Waals surface area contributed by atoms with Crippen LogP contribution in [0.4, 0.5) is 19.0 Å². The molecule has 1 aliphatic heterocycles. The number of fused-ring (bicyclic) bond motifs is 1. The van der Waals surface area contributed by atoms with Gasteiger partial charge in [0, 0.05) is 17.7 Å². The Bertz CT molecular complexity index is 1460. The standard InChI is InChI=1S/C22H17F3N4O4S/c1-12-9-19(28(27-12)16-4-2-3-14(11-16)22(23,24)25)26-20(30)13-5-8-17-18(10-13)34(32,33)29(21(17)31)15-6-7-15/h2-5,8-11,15H,6-7H2,1H3,(H,26,30). The first-order chi connectivity index (χ1) is 16.0. The Balaban J connectivity index is 1.46. The summed E-state index contributed by atoms with van der Waals surface area (Å²) in [6, 6.07) is 9.35. The number of amides is 2. The minimum Gasteiger partial charge on any atom is -0.306 e. The summed E-state index contributed by atoms with van der Waals surface area (Å²) in [7, 11) is -4.05. The first kappa shape index (κ1) is 22.1. The molecule has 2 heterocycles. The van der Waals surface area contributed by atoms with E-state index in [1.165, 1.54) is 30.3 Å². The maximum atomic E-state index is 13.1. The quantitative estimate of drug-likeness (QED) is 0.600. The second-order valence-corrected chi connectivity index (χ2v) is 9.92. The summed E-state index contributed by atoms with van der Waals surface area (Å²) in [5.74, 6) is -1.22. The smallest absolute Gasteiger partial charge is 0.306 e. The number of carbonyl (C=O) groups is 2. The molecule has 1 aliphatic carbocycles. The van der Waals surface area contributed by atoms with E-state index in [1.807, 2.05) is 0 Å². The van der Waals surface area contributed by atoms with Crippen LogP contribution in [0.15, 0.2) is 53.4 Å². The summed E-state index contributed by atoms with van der Waals surface area (Å²) in [6.45, 7) is 1.61. The van der Waals surface area contributed by atoms with Crippen molar-refractivity contribution in [2.45, 2.75) is 36.9 Å². The van der Waals surface area contributed by atoms with Gasteiger partial charge < -0.3 is 5.32 Å². The Kier molecular flexibility index (Phi) is 4.83. The van der Waals surface area contributed by atoms with Gasteiger partial charge >= 0.3 is 6.18 Å². The summed E-state index contributed by atoms with van der Waals surface area (Å²) < 4.78 is 67.1. The molecule has 0 atom stereocenters. The van der Waals surface area contributed by atoms with Crippen LogP contribution in [-0.2, 0) is 16.2 Å². The molecule has 1 fully saturated rings. The third-order valence-electron chi connectivity index (χ3n) is 5.58. The Labute approximate surface area is 192 Å². The topological polar surface area (TPSA) is 101 Å². The van der Waals surface area contributed by atoms with Crippen LogP contribution in [0.1, 0.15) is 44.8 Å². The molecular formula is C22H17F3N4O4S. The van der Waals surface area contributed by atoms with Crippen LogP contribution >= 0.6 is 0 Å². The van der Waals surface area contributed by atoms with Crippen molar-refractivity contribution in [3.8, 4) is 5.69 Å². The molecule has 0 radical (unpaired) electrons. The van der Waals surface area contributed by atoms with Crippen LogP contribution in [0.3, 0.4) is 0 Å². The third-order valence-corrected chi connectivity index (χ3v) is 7.46. The fourth-order valence-electron chi connectivity index (χ4n) is 3.85. The number of rotatable bonds is 4. The molecule has 2 amide bonds. The van der Waals surface area contributed by atoms with Gasteiger partial charge in [0.15, 0.2) is 0 Å². The zero-order valence-corrected chi connectivity index (χ0v) is 18.4. The van der Waals surface area contributed by atoms with Gasteiger partial charge in [0.2, 0.25) is 0 Å². The molecule has 176 valence electrons. The van der Waals surface area contributed by atoms with E-state index in [-0.39, 0.29) is 33.6 Å². The average molecular weight is 490 g/mol. The fraction of sp³-hybridized carbons (Fsp3) is 0.227. The zero-order valence-electron chi connectivity index (χ0n) is 17.6. The summed E-state index contributed by atoms with van der Waals surface area (Å²) in [6.07, 6.45) is -3.35. The lowest BCUT2D eigenvalue weighted by Crippen LogP contribution is -2.31. The highest BCUT2D eigenvalue weighted by molar-refractivity contribution is 7.90. The van der Waals surface area contributed by atoms with Crippen molar-refractivity contribution >= 4 is 27.7 Å². The molecule has 1 saturated carbocycles. The SMILES string of the molecule is Cc1cc(NC(=O)c2ccc3c(c2)S(=O)(=O)N(C2CC2)C3=O)n(-c2cccc(C(F)(F)F)c2)n1. The van der Waals surface area contributed by atoms with Gasteiger partial charge in [-0.25, -0.2) is 17.4 Å². The molecule has 0 bridgehead atoms. The number of carbonyl (C=O) groups excluding carboxylic acids is 2. The van der Waals surface area contributed by atoms with Gasteiger partial charge in [-0.05, 0) is 56.2 Å². The summed E-state index contributed by atoms with van der Waals surface area (Å²) in [4.78, 5) is 25.2. The zero-order chi connectivity index (χ0) is 24.4. The molecular weight excluding hydrogens is 473 g/mol. The second kappa shape index (κ2) is 7.42. The molecule has 3 aromatic rings. The van der Waals surface area contributed by atoms with Gasteiger partial charge in [-0.2, -0.15) is 18.3 Å². The molecule has 0 unspecified atom stereocenters. The minimum absolute atomic E-state index is 0.00769.